The Hall–Kier alpha value is -1.55. The van der Waals surface area contributed by atoms with Crippen molar-refractivity contribution in [2.24, 2.45) is 0 Å². The predicted octanol–water partition coefficient (Wildman–Crippen LogP) is 2.15. The number of carbonyl (C=O) groups excluding carboxylic acids is 1. The van der Waals surface area contributed by atoms with E-state index in [4.69, 9.17) is 0 Å². The fourth-order valence-electron chi connectivity index (χ4n) is 2.33. The Kier molecular flexibility index (Phi) is 4.43. The van der Waals surface area contributed by atoms with Crippen LogP contribution in [-0.2, 0) is 0 Å². The third kappa shape index (κ3) is 3.07. The van der Waals surface area contributed by atoms with E-state index in [2.05, 4.69) is 17.6 Å². The lowest BCUT2D eigenvalue weighted by atomic mass is 9.77. The van der Waals surface area contributed by atoms with Gasteiger partial charge in [0.1, 0.15) is 0 Å². The summed E-state index contributed by atoms with van der Waals surface area (Å²) >= 11 is 0. The van der Waals surface area contributed by atoms with E-state index in [1.54, 1.807) is 0 Å². The van der Waals surface area contributed by atoms with Crippen LogP contribution in [0.25, 0.3) is 0 Å². The average molecular weight is 262 g/mol. The number of para-hydroxylation sites is 1. The van der Waals surface area contributed by atoms with Crippen LogP contribution in [0.15, 0.2) is 24.3 Å². The van der Waals surface area contributed by atoms with Crippen LogP contribution in [0.3, 0.4) is 0 Å². The van der Waals surface area contributed by atoms with E-state index >= 15 is 0 Å². The molecule has 0 aliphatic heterocycles. The second-order valence-electron chi connectivity index (χ2n) is 5.22. The van der Waals surface area contributed by atoms with Crippen LogP contribution in [-0.4, -0.2) is 29.7 Å². The van der Waals surface area contributed by atoms with Crippen LogP contribution >= 0.6 is 0 Å². The number of amides is 1. The second-order valence-corrected chi connectivity index (χ2v) is 5.22. The Bertz CT molecular complexity index is 436. The van der Waals surface area contributed by atoms with E-state index in [0.29, 0.717) is 5.56 Å². The highest BCUT2D eigenvalue weighted by atomic mass is 16.3. The SMILES string of the molecule is CCCNc1ccccc1C(=O)NC1(CO)CCC1. The smallest absolute Gasteiger partial charge is 0.253 e. The van der Waals surface area contributed by atoms with Gasteiger partial charge in [-0.2, -0.15) is 0 Å². The molecule has 4 nitrogen and oxygen atoms in total. The number of benzene rings is 1. The lowest BCUT2D eigenvalue weighted by Gasteiger charge is -2.41. The summed E-state index contributed by atoms with van der Waals surface area (Å²) in [7, 11) is 0. The van der Waals surface area contributed by atoms with Gasteiger partial charge in [0.25, 0.3) is 5.91 Å². The van der Waals surface area contributed by atoms with Crippen LogP contribution in [0.2, 0.25) is 0 Å². The zero-order valence-corrected chi connectivity index (χ0v) is 11.4. The predicted molar refractivity (Wildman–Crippen MR) is 76.4 cm³/mol. The Morgan fingerprint density at radius 2 is 2.11 bits per heavy atom. The van der Waals surface area contributed by atoms with Crippen molar-refractivity contribution in [2.45, 2.75) is 38.1 Å². The van der Waals surface area contributed by atoms with Gasteiger partial charge in [-0.25, -0.2) is 0 Å². The molecule has 1 aliphatic carbocycles. The van der Waals surface area contributed by atoms with Gasteiger partial charge in [-0.1, -0.05) is 19.1 Å². The zero-order valence-electron chi connectivity index (χ0n) is 11.4. The Labute approximate surface area is 114 Å². The van der Waals surface area contributed by atoms with Crippen molar-refractivity contribution in [1.82, 2.24) is 5.32 Å². The summed E-state index contributed by atoms with van der Waals surface area (Å²) in [6.45, 7) is 2.95. The number of anilines is 1. The molecule has 104 valence electrons. The van der Waals surface area contributed by atoms with Crippen LogP contribution in [0.5, 0.6) is 0 Å². The summed E-state index contributed by atoms with van der Waals surface area (Å²) in [5.74, 6) is -0.104. The molecule has 1 aromatic rings. The quantitative estimate of drug-likeness (QED) is 0.736. The fraction of sp³-hybridized carbons (Fsp3) is 0.533. The molecule has 1 fully saturated rings. The van der Waals surface area contributed by atoms with Gasteiger partial charge in [0.15, 0.2) is 0 Å². The summed E-state index contributed by atoms with van der Waals surface area (Å²) in [6, 6.07) is 7.51. The lowest BCUT2D eigenvalue weighted by Crippen LogP contribution is -2.56. The van der Waals surface area contributed by atoms with Crippen LogP contribution in [0.1, 0.15) is 43.0 Å². The molecule has 0 unspecified atom stereocenters. The molecule has 4 heteroatoms. The average Bonchev–Trinajstić information content (AvgIpc) is 2.40. The highest BCUT2D eigenvalue weighted by Gasteiger charge is 2.38. The number of nitrogens with one attached hydrogen (secondary N) is 2. The van der Waals surface area contributed by atoms with Crippen molar-refractivity contribution in [2.75, 3.05) is 18.5 Å². The number of aliphatic hydroxyl groups excluding tert-OH is 1. The number of rotatable bonds is 6. The highest BCUT2D eigenvalue weighted by Crippen LogP contribution is 2.31. The van der Waals surface area contributed by atoms with Crippen molar-refractivity contribution in [3.05, 3.63) is 29.8 Å². The standard InChI is InChI=1S/C15H22N2O2/c1-2-10-16-13-7-4-3-6-12(13)14(19)17-15(11-18)8-5-9-15/h3-4,6-7,16,18H,2,5,8-11H2,1H3,(H,17,19). The minimum absolute atomic E-state index is 0.0172. The molecule has 0 saturated heterocycles. The maximum atomic E-state index is 12.3. The molecule has 0 radical (unpaired) electrons. The highest BCUT2D eigenvalue weighted by molar-refractivity contribution is 6.00. The van der Waals surface area contributed by atoms with Gasteiger partial charge in [0.05, 0.1) is 17.7 Å². The summed E-state index contributed by atoms with van der Waals surface area (Å²) in [6.07, 6.45) is 3.80. The first kappa shape index (κ1) is 13.9. The molecule has 0 aromatic heterocycles. The summed E-state index contributed by atoms with van der Waals surface area (Å²) in [5, 5.41) is 15.7. The third-order valence-corrected chi connectivity index (χ3v) is 3.73. The molecule has 1 saturated carbocycles. The molecule has 0 spiro atoms. The summed E-state index contributed by atoms with van der Waals surface area (Å²) in [4.78, 5) is 12.3. The third-order valence-electron chi connectivity index (χ3n) is 3.73. The number of carbonyl (C=O) groups is 1. The Morgan fingerprint density at radius 1 is 1.37 bits per heavy atom. The van der Waals surface area contributed by atoms with Gasteiger partial charge >= 0.3 is 0 Å². The Morgan fingerprint density at radius 3 is 2.68 bits per heavy atom. The molecule has 2 rings (SSSR count). The Balaban J connectivity index is 2.10. The molecule has 1 aromatic carbocycles. The van der Waals surface area contributed by atoms with Crippen molar-refractivity contribution < 1.29 is 9.90 Å². The summed E-state index contributed by atoms with van der Waals surface area (Å²) < 4.78 is 0. The molecular weight excluding hydrogens is 240 g/mol. The van der Waals surface area contributed by atoms with Crippen molar-refractivity contribution >= 4 is 11.6 Å². The largest absolute Gasteiger partial charge is 0.394 e. The molecule has 3 N–H and O–H groups in total. The molecule has 1 aliphatic rings. The summed E-state index contributed by atoms with van der Waals surface area (Å²) in [5.41, 5.74) is 1.11. The van der Waals surface area contributed by atoms with Gasteiger partial charge in [-0.3, -0.25) is 4.79 Å². The maximum absolute atomic E-state index is 12.3. The number of aliphatic hydroxyl groups is 1. The van der Waals surface area contributed by atoms with Gasteiger partial charge in [0, 0.05) is 12.2 Å². The first-order valence-electron chi connectivity index (χ1n) is 6.97. The molecule has 1 amide bonds. The van der Waals surface area contributed by atoms with E-state index < -0.39 is 5.54 Å². The van der Waals surface area contributed by atoms with Gasteiger partial charge < -0.3 is 15.7 Å². The minimum Gasteiger partial charge on any atom is -0.394 e. The topological polar surface area (TPSA) is 61.4 Å². The van der Waals surface area contributed by atoms with Gasteiger partial charge in [-0.05, 0) is 37.8 Å². The minimum atomic E-state index is -0.394. The second kappa shape index (κ2) is 6.06. The van der Waals surface area contributed by atoms with E-state index in [9.17, 15) is 9.90 Å². The number of hydrogen-bond acceptors (Lipinski definition) is 3. The van der Waals surface area contributed by atoms with Crippen molar-refractivity contribution in [3.63, 3.8) is 0 Å². The first-order valence-corrected chi connectivity index (χ1v) is 6.97. The van der Waals surface area contributed by atoms with E-state index in [-0.39, 0.29) is 12.5 Å². The van der Waals surface area contributed by atoms with E-state index in [1.165, 1.54) is 0 Å². The number of hydrogen-bond donors (Lipinski definition) is 3. The molecular formula is C15H22N2O2. The fourth-order valence-corrected chi connectivity index (χ4v) is 2.33. The lowest BCUT2D eigenvalue weighted by molar-refractivity contribution is 0.0642. The van der Waals surface area contributed by atoms with Gasteiger partial charge in [-0.15, -0.1) is 0 Å². The first-order chi connectivity index (χ1) is 9.21. The van der Waals surface area contributed by atoms with E-state index in [0.717, 1.165) is 37.9 Å². The van der Waals surface area contributed by atoms with Crippen LogP contribution in [0.4, 0.5) is 5.69 Å². The van der Waals surface area contributed by atoms with Crippen LogP contribution in [0, 0.1) is 0 Å². The van der Waals surface area contributed by atoms with Crippen LogP contribution < -0.4 is 10.6 Å². The molecule has 19 heavy (non-hydrogen) atoms. The molecule has 0 bridgehead atoms. The van der Waals surface area contributed by atoms with Crippen molar-refractivity contribution in [3.8, 4) is 0 Å². The van der Waals surface area contributed by atoms with Crippen molar-refractivity contribution in [1.29, 1.82) is 0 Å². The van der Waals surface area contributed by atoms with E-state index in [1.807, 2.05) is 24.3 Å². The molecule has 0 heterocycles. The monoisotopic (exact) mass is 262 g/mol. The maximum Gasteiger partial charge on any atom is 0.253 e. The zero-order chi connectivity index (χ0) is 13.7. The normalized spacial score (nSPS) is 16.5. The van der Waals surface area contributed by atoms with Gasteiger partial charge in [0.2, 0.25) is 0 Å². The molecule has 0 atom stereocenters.